The Morgan fingerprint density at radius 1 is 0.621 bits per heavy atom. The quantitative estimate of drug-likeness (QED) is 0.141. The van der Waals surface area contributed by atoms with Crippen LogP contribution in [-0.4, -0.2) is 70.4 Å². The number of quaternary nitrogens is 1. The second-order valence-electron chi connectivity index (χ2n) is 10.5. The highest BCUT2D eigenvalue weighted by molar-refractivity contribution is 4.64. The first-order valence-corrected chi connectivity index (χ1v) is 12.9. The van der Waals surface area contributed by atoms with Gasteiger partial charge in [-0.1, -0.05) is 103 Å². The van der Waals surface area contributed by atoms with E-state index in [4.69, 9.17) is 4.74 Å². The minimum absolute atomic E-state index is 0.510. The molecule has 0 radical (unpaired) electrons. The number of rotatable bonds is 22. The van der Waals surface area contributed by atoms with Crippen LogP contribution in [0.1, 0.15) is 110 Å². The van der Waals surface area contributed by atoms with Crippen molar-refractivity contribution in [2.75, 3.05) is 55.0 Å². The van der Waals surface area contributed by atoms with Crippen LogP contribution in [0.5, 0.6) is 0 Å². The lowest BCUT2D eigenvalue weighted by atomic mass is 10.0. The van der Waals surface area contributed by atoms with Gasteiger partial charge >= 0.3 is 0 Å². The van der Waals surface area contributed by atoms with E-state index >= 15 is 0 Å². The molecule has 0 aromatic carbocycles. The molecule has 0 saturated heterocycles. The zero-order chi connectivity index (χ0) is 21.8. The summed E-state index contributed by atoms with van der Waals surface area (Å²) in [5.74, 6) is 0. The second kappa shape index (κ2) is 19.8. The van der Waals surface area contributed by atoms with Gasteiger partial charge in [0.2, 0.25) is 0 Å². The van der Waals surface area contributed by atoms with E-state index in [0.29, 0.717) is 6.04 Å². The van der Waals surface area contributed by atoms with E-state index in [-0.39, 0.29) is 0 Å². The molecule has 0 bridgehead atoms. The van der Waals surface area contributed by atoms with Gasteiger partial charge in [-0.15, -0.1) is 0 Å². The largest absolute Gasteiger partial charge is 0.380 e. The van der Waals surface area contributed by atoms with Gasteiger partial charge in [0, 0.05) is 6.61 Å². The fraction of sp³-hybridized carbons (Fsp3) is 1.00. The number of likely N-dealkylation sites (N-methyl/N-ethyl adjacent to an activating group) is 2. The van der Waals surface area contributed by atoms with Gasteiger partial charge in [0.1, 0.15) is 0 Å². The van der Waals surface area contributed by atoms with Crippen molar-refractivity contribution in [3.63, 3.8) is 0 Å². The van der Waals surface area contributed by atoms with Crippen molar-refractivity contribution in [1.82, 2.24) is 4.90 Å². The van der Waals surface area contributed by atoms with Crippen molar-refractivity contribution in [2.24, 2.45) is 0 Å². The van der Waals surface area contributed by atoms with Gasteiger partial charge in [0.25, 0.3) is 0 Å². The van der Waals surface area contributed by atoms with Crippen LogP contribution in [0.4, 0.5) is 0 Å². The summed E-state index contributed by atoms with van der Waals surface area (Å²) in [7, 11) is 11.1. The fourth-order valence-corrected chi connectivity index (χ4v) is 3.97. The first-order valence-electron chi connectivity index (χ1n) is 12.9. The maximum absolute atomic E-state index is 5.97. The molecule has 0 rings (SSSR count). The molecule has 0 heterocycles. The van der Waals surface area contributed by atoms with Crippen molar-refractivity contribution < 1.29 is 9.22 Å². The lowest BCUT2D eigenvalue weighted by molar-refractivity contribution is -0.872. The average Bonchev–Trinajstić information content (AvgIpc) is 2.65. The number of nitrogens with zero attached hydrogens (tertiary/aromatic N) is 2. The topological polar surface area (TPSA) is 12.5 Å². The predicted molar refractivity (Wildman–Crippen MR) is 131 cm³/mol. The molecule has 0 aliphatic carbocycles. The van der Waals surface area contributed by atoms with Gasteiger partial charge in [-0.3, -0.25) is 4.90 Å². The summed E-state index contributed by atoms with van der Waals surface area (Å²) >= 11 is 0. The predicted octanol–water partition coefficient (Wildman–Crippen LogP) is 6.90. The van der Waals surface area contributed by atoms with Gasteiger partial charge < -0.3 is 9.22 Å². The SMILES string of the molecule is CCCCCCCCCCCCCCCCCCOCC(C[N+](C)(C)C)N(C)C. The van der Waals surface area contributed by atoms with E-state index < -0.39 is 0 Å². The van der Waals surface area contributed by atoms with Crippen molar-refractivity contribution >= 4 is 0 Å². The number of hydrogen-bond acceptors (Lipinski definition) is 2. The Morgan fingerprint density at radius 3 is 1.34 bits per heavy atom. The zero-order valence-electron chi connectivity index (χ0n) is 21.3. The minimum Gasteiger partial charge on any atom is -0.380 e. The minimum atomic E-state index is 0.510. The molecular weight excluding hydrogens is 356 g/mol. The number of hydrogen-bond donors (Lipinski definition) is 0. The van der Waals surface area contributed by atoms with Crippen molar-refractivity contribution in [2.45, 2.75) is 116 Å². The van der Waals surface area contributed by atoms with Crippen LogP contribution in [0, 0.1) is 0 Å². The number of ether oxygens (including phenoxy) is 1. The summed E-state index contributed by atoms with van der Waals surface area (Å²) in [6.45, 7) is 5.22. The Morgan fingerprint density at radius 2 is 1.00 bits per heavy atom. The summed E-state index contributed by atoms with van der Waals surface area (Å²) in [5.41, 5.74) is 0. The van der Waals surface area contributed by atoms with E-state index in [9.17, 15) is 0 Å². The molecular formula is C26H57N2O+. The monoisotopic (exact) mass is 413 g/mol. The normalized spacial score (nSPS) is 13.3. The lowest BCUT2D eigenvalue weighted by Gasteiger charge is -2.32. The smallest absolute Gasteiger partial charge is 0.0961 e. The summed E-state index contributed by atoms with van der Waals surface area (Å²) < 4.78 is 6.96. The van der Waals surface area contributed by atoms with Crippen LogP contribution in [0.2, 0.25) is 0 Å². The third-order valence-electron chi connectivity index (χ3n) is 5.94. The molecule has 0 spiro atoms. The Kier molecular flexibility index (Phi) is 19.7. The molecule has 176 valence electrons. The van der Waals surface area contributed by atoms with Crippen LogP contribution in [-0.2, 0) is 4.74 Å². The van der Waals surface area contributed by atoms with Crippen molar-refractivity contribution in [3.05, 3.63) is 0 Å². The molecule has 3 nitrogen and oxygen atoms in total. The fourth-order valence-electron chi connectivity index (χ4n) is 3.97. The van der Waals surface area contributed by atoms with E-state index in [2.05, 4.69) is 47.1 Å². The Bertz CT molecular complexity index is 325. The zero-order valence-corrected chi connectivity index (χ0v) is 21.3. The lowest BCUT2D eigenvalue weighted by Crippen LogP contribution is -2.48. The molecule has 0 amide bonds. The molecule has 0 N–H and O–H groups in total. The van der Waals surface area contributed by atoms with Gasteiger partial charge in [-0.2, -0.15) is 0 Å². The maximum Gasteiger partial charge on any atom is 0.0961 e. The van der Waals surface area contributed by atoms with Gasteiger partial charge in [0.05, 0.1) is 40.3 Å². The van der Waals surface area contributed by atoms with E-state index in [1.165, 1.54) is 103 Å². The van der Waals surface area contributed by atoms with Gasteiger partial charge in [0.15, 0.2) is 0 Å². The average molecular weight is 414 g/mol. The molecule has 0 fully saturated rings. The molecule has 0 saturated carbocycles. The molecule has 0 aromatic heterocycles. The highest BCUT2D eigenvalue weighted by Gasteiger charge is 2.20. The van der Waals surface area contributed by atoms with Crippen LogP contribution >= 0.6 is 0 Å². The summed E-state index contributed by atoms with van der Waals surface area (Å²) in [6, 6.07) is 0.510. The third kappa shape index (κ3) is 22.4. The standard InChI is InChI=1S/C26H57N2O/c1-7-8-9-10-11-12-13-14-15-16-17-18-19-20-21-22-23-29-25-26(27(2)3)24-28(4,5)6/h26H,7-25H2,1-6H3/q+1. The van der Waals surface area contributed by atoms with Crippen LogP contribution in [0.3, 0.4) is 0 Å². The van der Waals surface area contributed by atoms with Crippen LogP contribution in [0.25, 0.3) is 0 Å². The Balaban J connectivity index is 3.29. The summed E-state index contributed by atoms with van der Waals surface area (Å²) in [5, 5.41) is 0. The van der Waals surface area contributed by atoms with Gasteiger partial charge in [-0.25, -0.2) is 0 Å². The highest BCUT2D eigenvalue weighted by Crippen LogP contribution is 2.13. The summed E-state index contributed by atoms with van der Waals surface area (Å²) in [4.78, 5) is 2.30. The summed E-state index contributed by atoms with van der Waals surface area (Å²) in [6.07, 6.45) is 22.7. The van der Waals surface area contributed by atoms with Crippen LogP contribution < -0.4 is 0 Å². The van der Waals surface area contributed by atoms with Gasteiger partial charge in [-0.05, 0) is 20.5 Å². The molecule has 0 aromatic rings. The van der Waals surface area contributed by atoms with E-state index in [1.54, 1.807) is 0 Å². The Labute approximate surface area is 185 Å². The molecule has 1 atom stereocenters. The molecule has 0 aliphatic heterocycles. The molecule has 29 heavy (non-hydrogen) atoms. The van der Waals surface area contributed by atoms with E-state index in [0.717, 1.165) is 24.2 Å². The van der Waals surface area contributed by atoms with Crippen molar-refractivity contribution in [3.8, 4) is 0 Å². The van der Waals surface area contributed by atoms with Crippen LogP contribution in [0.15, 0.2) is 0 Å². The van der Waals surface area contributed by atoms with Crippen molar-refractivity contribution in [1.29, 1.82) is 0 Å². The molecule has 1 unspecified atom stereocenters. The number of unbranched alkanes of at least 4 members (excludes halogenated alkanes) is 15. The molecule has 0 aliphatic rings. The maximum atomic E-state index is 5.97. The molecule has 3 heteroatoms. The highest BCUT2D eigenvalue weighted by atomic mass is 16.5. The second-order valence-corrected chi connectivity index (χ2v) is 10.5. The first-order chi connectivity index (χ1) is 13.9. The third-order valence-corrected chi connectivity index (χ3v) is 5.94. The van der Waals surface area contributed by atoms with E-state index in [1.807, 2.05) is 0 Å². The Hall–Kier alpha value is -0.120. The first kappa shape index (κ1) is 28.9.